The first-order valence-electron chi connectivity index (χ1n) is 7.43. The molecule has 0 amide bonds. The molecule has 0 N–H and O–H groups in total. The first-order chi connectivity index (χ1) is 12.3. The molecule has 0 unspecified atom stereocenters. The minimum Gasteiger partial charge on any atom is -0.258 e. The summed E-state index contributed by atoms with van der Waals surface area (Å²) in [6.45, 7) is 0.247. The van der Waals surface area contributed by atoms with Crippen LogP contribution in [0.5, 0.6) is 0 Å². The Hall–Kier alpha value is -2.50. The van der Waals surface area contributed by atoms with E-state index in [9.17, 15) is 28.6 Å². The summed E-state index contributed by atoms with van der Waals surface area (Å²) in [4.78, 5) is 20.4. The number of nitrogens with zero attached hydrogens (tertiary/aromatic N) is 3. The van der Waals surface area contributed by atoms with E-state index in [1.54, 1.807) is 0 Å². The zero-order chi connectivity index (χ0) is 18.9. The molecule has 3 rings (SSSR count). The van der Waals surface area contributed by atoms with E-state index >= 15 is 0 Å². The third kappa shape index (κ3) is 3.41. The van der Waals surface area contributed by atoms with Crippen LogP contribution in [0.4, 0.5) is 11.4 Å². The van der Waals surface area contributed by atoms with Gasteiger partial charge in [-0.25, -0.2) is 8.42 Å². The van der Waals surface area contributed by atoms with Gasteiger partial charge in [0.1, 0.15) is 0 Å². The molecule has 9 nitrogen and oxygen atoms in total. The first kappa shape index (κ1) is 18.3. The van der Waals surface area contributed by atoms with Crippen molar-refractivity contribution < 1.29 is 18.3 Å². The van der Waals surface area contributed by atoms with Crippen molar-refractivity contribution in [3.63, 3.8) is 0 Å². The van der Waals surface area contributed by atoms with E-state index in [1.165, 1.54) is 58.5 Å². The van der Waals surface area contributed by atoms with E-state index in [4.69, 9.17) is 0 Å². The maximum atomic E-state index is 12.9. The second kappa shape index (κ2) is 7.02. The Labute approximate surface area is 153 Å². The Morgan fingerprint density at radius 1 is 1.00 bits per heavy atom. The van der Waals surface area contributed by atoms with Gasteiger partial charge in [-0.3, -0.25) is 20.2 Å². The fraction of sp³-hybridized carbons (Fsp3) is 0.200. The number of nitro groups is 2. The lowest BCUT2D eigenvalue weighted by molar-refractivity contribution is -0.385. The van der Waals surface area contributed by atoms with Crippen molar-refractivity contribution in [3.05, 3.63) is 74.3 Å². The minimum absolute atomic E-state index is 0.0789. The van der Waals surface area contributed by atoms with Crippen LogP contribution in [0.1, 0.15) is 10.9 Å². The Morgan fingerprint density at radius 2 is 1.65 bits per heavy atom. The van der Waals surface area contributed by atoms with E-state index in [-0.39, 0.29) is 22.8 Å². The SMILES string of the molecule is O=[N+]([O-])c1ccc([C@@H]2SCCN2S(=O)(=O)c2cccc([N+](=O)[O-])c2)cc1. The average Bonchev–Trinajstić information content (AvgIpc) is 3.12. The molecule has 0 bridgehead atoms. The van der Waals surface area contributed by atoms with E-state index in [0.29, 0.717) is 11.3 Å². The summed E-state index contributed by atoms with van der Waals surface area (Å²) < 4.78 is 27.2. The zero-order valence-corrected chi connectivity index (χ0v) is 14.9. The lowest BCUT2D eigenvalue weighted by Gasteiger charge is -2.23. The van der Waals surface area contributed by atoms with Crippen LogP contribution in [-0.4, -0.2) is 34.9 Å². The van der Waals surface area contributed by atoms with Crippen molar-refractivity contribution in [2.75, 3.05) is 12.3 Å². The smallest absolute Gasteiger partial charge is 0.258 e. The molecule has 0 aliphatic carbocycles. The molecule has 0 radical (unpaired) electrons. The van der Waals surface area contributed by atoms with Gasteiger partial charge < -0.3 is 0 Å². The molecule has 1 heterocycles. The van der Waals surface area contributed by atoms with Gasteiger partial charge in [0.05, 0.1) is 20.1 Å². The number of benzene rings is 2. The van der Waals surface area contributed by atoms with Gasteiger partial charge in [0.2, 0.25) is 10.0 Å². The fourth-order valence-corrected chi connectivity index (χ4v) is 5.90. The maximum Gasteiger partial charge on any atom is 0.270 e. The quantitative estimate of drug-likeness (QED) is 0.563. The lowest BCUT2D eigenvalue weighted by atomic mass is 10.2. The van der Waals surface area contributed by atoms with Gasteiger partial charge in [0.25, 0.3) is 11.4 Å². The summed E-state index contributed by atoms with van der Waals surface area (Å²) >= 11 is 1.39. The van der Waals surface area contributed by atoms with Crippen molar-refractivity contribution in [1.29, 1.82) is 0 Å². The number of nitro benzene ring substituents is 2. The molecule has 1 atom stereocenters. The van der Waals surface area contributed by atoms with E-state index < -0.39 is 25.2 Å². The predicted octanol–water partition coefficient (Wildman–Crippen LogP) is 2.94. The standard InChI is InChI=1S/C15H13N3O6S2/c19-17(20)12-6-4-11(5-7-12)15-16(8-9-25-15)26(23,24)14-3-1-2-13(10-14)18(21)22/h1-7,10,15H,8-9H2/t15-/m0/s1. The highest BCUT2D eigenvalue weighted by atomic mass is 32.2. The zero-order valence-electron chi connectivity index (χ0n) is 13.2. The molecule has 136 valence electrons. The molecule has 1 aliphatic heterocycles. The molecule has 1 aliphatic rings. The summed E-state index contributed by atoms with van der Waals surface area (Å²) in [5.74, 6) is 0.551. The van der Waals surface area contributed by atoms with E-state index in [0.717, 1.165) is 6.07 Å². The highest BCUT2D eigenvalue weighted by molar-refractivity contribution is 8.01. The highest BCUT2D eigenvalue weighted by Crippen LogP contribution is 2.42. The number of thioether (sulfide) groups is 1. The van der Waals surface area contributed by atoms with Crippen LogP contribution < -0.4 is 0 Å². The second-order valence-corrected chi connectivity index (χ2v) is 8.52. The van der Waals surface area contributed by atoms with Crippen LogP contribution in [0.3, 0.4) is 0 Å². The van der Waals surface area contributed by atoms with Crippen LogP contribution >= 0.6 is 11.8 Å². The number of sulfonamides is 1. The van der Waals surface area contributed by atoms with E-state index in [2.05, 4.69) is 0 Å². The maximum absolute atomic E-state index is 12.9. The largest absolute Gasteiger partial charge is 0.270 e. The van der Waals surface area contributed by atoms with E-state index in [1.807, 2.05) is 0 Å². The Morgan fingerprint density at radius 3 is 2.27 bits per heavy atom. The third-order valence-electron chi connectivity index (χ3n) is 3.87. The van der Waals surface area contributed by atoms with Gasteiger partial charge >= 0.3 is 0 Å². The van der Waals surface area contributed by atoms with Gasteiger partial charge in [-0.05, 0) is 23.8 Å². The minimum atomic E-state index is -3.94. The normalized spacial score (nSPS) is 17.9. The Kier molecular flexibility index (Phi) is 4.94. The van der Waals surface area contributed by atoms with Gasteiger partial charge in [-0.1, -0.05) is 6.07 Å². The topological polar surface area (TPSA) is 124 Å². The molecule has 0 spiro atoms. The molecule has 1 fully saturated rings. The summed E-state index contributed by atoms with van der Waals surface area (Å²) in [6.07, 6.45) is 0. The highest BCUT2D eigenvalue weighted by Gasteiger charge is 2.37. The van der Waals surface area contributed by atoms with Crippen LogP contribution in [-0.2, 0) is 10.0 Å². The summed E-state index contributed by atoms with van der Waals surface area (Å²) in [5, 5.41) is 21.1. The summed E-state index contributed by atoms with van der Waals surface area (Å²) in [5.41, 5.74) is 0.238. The van der Waals surface area contributed by atoms with Crippen LogP contribution in [0, 0.1) is 20.2 Å². The Bertz CT molecular complexity index is 962. The molecule has 0 saturated carbocycles. The van der Waals surface area contributed by atoms with Gasteiger partial charge in [0, 0.05) is 36.6 Å². The third-order valence-corrected chi connectivity index (χ3v) is 7.13. The molecule has 26 heavy (non-hydrogen) atoms. The molecule has 11 heteroatoms. The van der Waals surface area contributed by atoms with Crippen molar-refractivity contribution in [2.45, 2.75) is 10.3 Å². The van der Waals surface area contributed by atoms with Crippen LogP contribution in [0.25, 0.3) is 0 Å². The molecular formula is C15H13N3O6S2. The number of rotatable bonds is 5. The first-order valence-corrected chi connectivity index (χ1v) is 9.92. The van der Waals surface area contributed by atoms with Gasteiger partial charge in [-0.15, -0.1) is 11.8 Å². The van der Waals surface area contributed by atoms with Gasteiger partial charge in [-0.2, -0.15) is 4.31 Å². The van der Waals surface area contributed by atoms with Gasteiger partial charge in [0.15, 0.2) is 0 Å². The predicted molar refractivity (Wildman–Crippen MR) is 95.3 cm³/mol. The summed E-state index contributed by atoms with van der Waals surface area (Å²) in [7, 11) is -3.94. The van der Waals surface area contributed by atoms with Crippen LogP contribution in [0.15, 0.2) is 53.4 Å². The second-order valence-electron chi connectivity index (χ2n) is 5.44. The summed E-state index contributed by atoms with van der Waals surface area (Å²) in [6, 6.07) is 10.6. The van der Waals surface area contributed by atoms with Crippen molar-refractivity contribution >= 4 is 33.2 Å². The van der Waals surface area contributed by atoms with Crippen LogP contribution in [0.2, 0.25) is 0 Å². The lowest BCUT2D eigenvalue weighted by Crippen LogP contribution is -2.30. The number of non-ortho nitro benzene ring substituents is 2. The average molecular weight is 395 g/mol. The van der Waals surface area contributed by atoms with Crippen molar-refractivity contribution in [1.82, 2.24) is 4.31 Å². The van der Waals surface area contributed by atoms with Crippen molar-refractivity contribution in [3.8, 4) is 0 Å². The molecule has 2 aromatic carbocycles. The molecule has 0 aromatic heterocycles. The number of hydrogen-bond donors (Lipinski definition) is 0. The molecular weight excluding hydrogens is 382 g/mol. The molecule has 2 aromatic rings. The fourth-order valence-electron chi connectivity index (χ4n) is 2.62. The van der Waals surface area contributed by atoms with Crippen molar-refractivity contribution in [2.24, 2.45) is 0 Å². The number of hydrogen-bond acceptors (Lipinski definition) is 7. The molecule has 1 saturated heterocycles. The Balaban J connectivity index is 1.95. The monoisotopic (exact) mass is 395 g/mol.